The van der Waals surface area contributed by atoms with E-state index in [1.807, 2.05) is 32.1 Å². The standard InChI is InChI=1S/C18H23N3O3S/c1-14-5-6-17(16(3)11-14)12-15(2)13-25(23,24)18-7-8-21(19-18)20(4)9-10-22/h5-8,10-12H,9,13H2,1-4H3. The molecule has 0 aliphatic rings. The van der Waals surface area contributed by atoms with E-state index in [4.69, 9.17) is 0 Å². The summed E-state index contributed by atoms with van der Waals surface area (Å²) in [5, 5.41) is 5.58. The summed E-state index contributed by atoms with van der Waals surface area (Å²) in [5.41, 5.74) is 4.03. The minimum absolute atomic E-state index is 0.00127. The number of hydrogen-bond acceptors (Lipinski definition) is 5. The van der Waals surface area contributed by atoms with Gasteiger partial charge in [0, 0.05) is 7.05 Å². The van der Waals surface area contributed by atoms with Crippen LogP contribution >= 0.6 is 0 Å². The molecule has 1 heterocycles. The summed E-state index contributed by atoms with van der Waals surface area (Å²) >= 11 is 0. The van der Waals surface area contributed by atoms with Crippen LogP contribution in [0.1, 0.15) is 23.6 Å². The number of nitrogens with zero attached hydrogens (tertiary/aromatic N) is 3. The summed E-state index contributed by atoms with van der Waals surface area (Å²) in [6.07, 6.45) is 4.15. The van der Waals surface area contributed by atoms with E-state index >= 15 is 0 Å². The van der Waals surface area contributed by atoms with Gasteiger partial charge in [0.15, 0.2) is 5.03 Å². The molecular weight excluding hydrogens is 338 g/mol. The highest BCUT2D eigenvalue weighted by Gasteiger charge is 2.19. The Kier molecular flexibility index (Phi) is 5.79. The maximum Gasteiger partial charge on any atom is 0.201 e. The first-order valence-corrected chi connectivity index (χ1v) is 9.56. The summed E-state index contributed by atoms with van der Waals surface area (Å²) in [6.45, 7) is 5.96. The SMILES string of the molecule is CC(=Cc1ccc(C)cc1C)CS(=O)(=O)c1ccn(N(C)CC=O)n1. The van der Waals surface area contributed by atoms with Crippen molar-refractivity contribution >= 4 is 22.2 Å². The first kappa shape index (κ1) is 18.9. The van der Waals surface area contributed by atoms with Crippen LogP contribution in [0.15, 0.2) is 41.1 Å². The number of aldehydes is 1. The molecule has 0 aliphatic heterocycles. The van der Waals surface area contributed by atoms with Crippen molar-refractivity contribution in [2.75, 3.05) is 24.4 Å². The van der Waals surface area contributed by atoms with Gasteiger partial charge in [-0.05, 0) is 38.0 Å². The van der Waals surface area contributed by atoms with Crippen LogP contribution in [0.25, 0.3) is 6.08 Å². The van der Waals surface area contributed by atoms with Crippen LogP contribution in [0.4, 0.5) is 0 Å². The molecule has 0 aliphatic carbocycles. The minimum Gasteiger partial charge on any atom is -0.301 e. The molecule has 134 valence electrons. The second-order valence-electron chi connectivity index (χ2n) is 6.19. The van der Waals surface area contributed by atoms with Crippen molar-refractivity contribution in [2.45, 2.75) is 25.8 Å². The van der Waals surface area contributed by atoms with Gasteiger partial charge in [-0.3, -0.25) is 5.01 Å². The van der Waals surface area contributed by atoms with Gasteiger partial charge in [-0.15, -0.1) is 5.10 Å². The van der Waals surface area contributed by atoms with Crippen molar-refractivity contribution in [1.82, 2.24) is 9.89 Å². The minimum atomic E-state index is -3.54. The van der Waals surface area contributed by atoms with Gasteiger partial charge in [-0.1, -0.05) is 35.4 Å². The first-order valence-electron chi connectivity index (χ1n) is 7.91. The highest BCUT2D eigenvalue weighted by atomic mass is 32.2. The maximum absolute atomic E-state index is 12.6. The fourth-order valence-electron chi connectivity index (χ4n) is 2.51. The molecule has 0 saturated carbocycles. The molecule has 0 fully saturated rings. The highest BCUT2D eigenvalue weighted by molar-refractivity contribution is 7.91. The van der Waals surface area contributed by atoms with E-state index in [0.29, 0.717) is 0 Å². The Balaban J connectivity index is 2.20. The second kappa shape index (κ2) is 7.65. The van der Waals surface area contributed by atoms with E-state index in [0.717, 1.165) is 23.0 Å². The number of aryl methyl sites for hydroxylation is 2. The van der Waals surface area contributed by atoms with Crippen molar-refractivity contribution in [1.29, 1.82) is 0 Å². The Morgan fingerprint density at radius 2 is 2.00 bits per heavy atom. The summed E-state index contributed by atoms with van der Waals surface area (Å²) in [4.78, 5) is 11.9. The number of aromatic nitrogens is 2. The van der Waals surface area contributed by atoms with Crippen molar-refractivity contribution < 1.29 is 13.2 Å². The van der Waals surface area contributed by atoms with Crippen molar-refractivity contribution in [2.24, 2.45) is 0 Å². The predicted octanol–water partition coefficient (Wildman–Crippen LogP) is 2.14. The number of rotatable bonds is 7. The molecular formula is C18H23N3O3S. The van der Waals surface area contributed by atoms with Crippen LogP contribution < -0.4 is 5.01 Å². The van der Waals surface area contributed by atoms with Crippen LogP contribution in [0.2, 0.25) is 0 Å². The molecule has 6 nitrogen and oxygen atoms in total. The van der Waals surface area contributed by atoms with Gasteiger partial charge in [0.1, 0.15) is 6.29 Å². The zero-order valence-electron chi connectivity index (χ0n) is 14.9. The molecule has 0 amide bonds. The normalized spacial score (nSPS) is 12.2. The molecule has 25 heavy (non-hydrogen) atoms. The first-order chi connectivity index (χ1) is 11.7. The van der Waals surface area contributed by atoms with E-state index < -0.39 is 9.84 Å². The lowest BCUT2D eigenvalue weighted by molar-refractivity contribution is -0.106. The molecule has 0 N–H and O–H groups in total. The summed E-state index contributed by atoms with van der Waals surface area (Å²) in [5.74, 6) is -0.102. The lowest BCUT2D eigenvalue weighted by atomic mass is 10.0. The Morgan fingerprint density at radius 1 is 1.28 bits per heavy atom. The zero-order valence-corrected chi connectivity index (χ0v) is 15.7. The van der Waals surface area contributed by atoms with Gasteiger partial charge in [-0.25, -0.2) is 8.42 Å². The molecule has 0 saturated heterocycles. The Morgan fingerprint density at radius 3 is 2.64 bits per heavy atom. The maximum atomic E-state index is 12.6. The molecule has 0 bridgehead atoms. The Hall–Kier alpha value is -2.41. The lowest BCUT2D eigenvalue weighted by Gasteiger charge is -2.14. The molecule has 7 heteroatoms. The quantitative estimate of drug-likeness (QED) is 0.707. The number of sulfone groups is 1. The topological polar surface area (TPSA) is 72.3 Å². The molecule has 2 rings (SSSR count). The van der Waals surface area contributed by atoms with Crippen LogP contribution in [0.5, 0.6) is 0 Å². The monoisotopic (exact) mass is 361 g/mol. The van der Waals surface area contributed by atoms with Gasteiger partial charge >= 0.3 is 0 Å². The van der Waals surface area contributed by atoms with Gasteiger partial charge in [0.05, 0.1) is 18.5 Å². The van der Waals surface area contributed by atoms with Gasteiger partial charge in [-0.2, -0.15) is 4.79 Å². The van der Waals surface area contributed by atoms with E-state index in [-0.39, 0.29) is 17.3 Å². The number of hydrogen-bond donors (Lipinski definition) is 0. The second-order valence-corrected chi connectivity index (χ2v) is 8.13. The van der Waals surface area contributed by atoms with Crippen LogP contribution in [0, 0.1) is 13.8 Å². The lowest BCUT2D eigenvalue weighted by Crippen LogP contribution is -2.32. The number of carbonyl (C=O) groups excluding carboxylic acids is 1. The van der Waals surface area contributed by atoms with Gasteiger partial charge < -0.3 is 4.79 Å². The summed E-state index contributed by atoms with van der Waals surface area (Å²) < 4.78 is 25.1. The van der Waals surface area contributed by atoms with Gasteiger partial charge in [0.25, 0.3) is 0 Å². The molecule has 2 aromatic rings. The Bertz CT molecular complexity index is 898. The Labute approximate surface area is 148 Å². The average molecular weight is 361 g/mol. The van der Waals surface area contributed by atoms with Crippen molar-refractivity contribution in [3.05, 3.63) is 52.7 Å². The van der Waals surface area contributed by atoms with E-state index in [9.17, 15) is 13.2 Å². The van der Waals surface area contributed by atoms with Crippen molar-refractivity contribution in [3.8, 4) is 0 Å². The molecule has 0 atom stereocenters. The highest BCUT2D eigenvalue weighted by Crippen LogP contribution is 2.17. The third kappa shape index (κ3) is 4.79. The smallest absolute Gasteiger partial charge is 0.201 e. The molecule has 0 spiro atoms. The number of carbonyl (C=O) groups is 1. The van der Waals surface area contributed by atoms with E-state index in [1.165, 1.54) is 27.6 Å². The molecule has 0 radical (unpaired) electrons. The van der Waals surface area contributed by atoms with Gasteiger partial charge in [0.2, 0.25) is 9.84 Å². The van der Waals surface area contributed by atoms with Crippen LogP contribution in [-0.4, -0.2) is 43.9 Å². The fourth-order valence-corrected chi connectivity index (χ4v) is 3.82. The number of benzene rings is 1. The zero-order chi connectivity index (χ0) is 18.6. The van der Waals surface area contributed by atoms with Crippen molar-refractivity contribution in [3.63, 3.8) is 0 Å². The molecule has 0 unspecified atom stereocenters. The predicted molar refractivity (Wildman–Crippen MR) is 98.9 cm³/mol. The van der Waals surface area contributed by atoms with Crippen LogP contribution in [0.3, 0.4) is 0 Å². The van der Waals surface area contributed by atoms with Crippen LogP contribution in [-0.2, 0) is 14.6 Å². The number of likely N-dealkylation sites (N-methyl/N-ethyl adjacent to an activating group) is 1. The fraction of sp³-hybridized carbons (Fsp3) is 0.333. The average Bonchev–Trinajstić information content (AvgIpc) is 3.01. The van der Waals surface area contributed by atoms with E-state index in [2.05, 4.69) is 11.2 Å². The van der Waals surface area contributed by atoms with E-state index in [1.54, 1.807) is 14.0 Å². The molecule has 1 aromatic heterocycles. The largest absolute Gasteiger partial charge is 0.301 e. The third-order valence-electron chi connectivity index (χ3n) is 3.80. The summed E-state index contributed by atoms with van der Waals surface area (Å²) in [6, 6.07) is 7.51. The molecule has 1 aromatic carbocycles. The summed E-state index contributed by atoms with van der Waals surface area (Å²) in [7, 11) is -1.89. The third-order valence-corrected chi connectivity index (χ3v) is 5.49.